The molecule has 1 N–H and O–H groups in total. The molecule has 0 amide bonds. The molecule has 0 aromatic heterocycles. The summed E-state index contributed by atoms with van der Waals surface area (Å²) in [5.74, 6) is 0.298. The van der Waals surface area contributed by atoms with Crippen LogP contribution < -0.4 is 9.47 Å². The first-order valence-corrected chi connectivity index (χ1v) is 4.72. The van der Waals surface area contributed by atoms with E-state index in [9.17, 15) is 4.79 Å². The highest BCUT2D eigenvalue weighted by atomic mass is 16.5. The van der Waals surface area contributed by atoms with E-state index in [1.54, 1.807) is 39.3 Å². The summed E-state index contributed by atoms with van der Waals surface area (Å²) in [6, 6.07) is 5.25. The number of hydrogen-bond acceptors (Lipinski definition) is 3. The summed E-state index contributed by atoms with van der Waals surface area (Å²) in [5, 5.41) is 8.69. The van der Waals surface area contributed by atoms with E-state index in [-0.39, 0.29) is 0 Å². The molecule has 1 rings (SSSR count). The zero-order chi connectivity index (χ0) is 12.1. The Morgan fingerprint density at radius 3 is 2.50 bits per heavy atom. The monoisotopic (exact) mass is 222 g/mol. The van der Waals surface area contributed by atoms with Crippen LogP contribution in [0.15, 0.2) is 24.3 Å². The van der Waals surface area contributed by atoms with Gasteiger partial charge in [-0.05, 0) is 30.7 Å². The Hall–Kier alpha value is -1.97. The molecule has 0 unspecified atom stereocenters. The van der Waals surface area contributed by atoms with Gasteiger partial charge in [-0.1, -0.05) is 0 Å². The molecule has 0 aliphatic rings. The SMILES string of the molecule is COc1ccc(OC)c(C(C)=CC(=O)O)c1. The number of ether oxygens (including phenoxy) is 2. The predicted octanol–water partition coefficient (Wildman–Crippen LogP) is 2.19. The molecule has 0 radical (unpaired) electrons. The molecule has 0 spiro atoms. The van der Waals surface area contributed by atoms with Crippen molar-refractivity contribution in [2.24, 2.45) is 0 Å². The highest BCUT2D eigenvalue weighted by molar-refractivity contribution is 5.90. The Morgan fingerprint density at radius 2 is 2.00 bits per heavy atom. The van der Waals surface area contributed by atoms with Gasteiger partial charge in [-0.2, -0.15) is 0 Å². The van der Waals surface area contributed by atoms with E-state index in [0.29, 0.717) is 22.6 Å². The fourth-order valence-corrected chi connectivity index (χ4v) is 1.39. The summed E-state index contributed by atoms with van der Waals surface area (Å²) in [7, 11) is 3.10. The molecule has 0 aliphatic heterocycles. The molecule has 4 heteroatoms. The summed E-state index contributed by atoms with van der Waals surface area (Å²) < 4.78 is 10.2. The maximum absolute atomic E-state index is 10.6. The summed E-state index contributed by atoms with van der Waals surface area (Å²) >= 11 is 0. The largest absolute Gasteiger partial charge is 0.497 e. The zero-order valence-electron chi connectivity index (χ0n) is 9.48. The minimum Gasteiger partial charge on any atom is -0.497 e. The van der Waals surface area contributed by atoms with Gasteiger partial charge in [0.1, 0.15) is 11.5 Å². The first-order chi connectivity index (χ1) is 7.58. The third-order valence-corrected chi connectivity index (χ3v) is 2.17. The Kier molecular flexibility index (Phi) is 3.94. The molecule has 0 heterocycles. The molecule has 0 aliphatic carbocycles. The average molecular weight is 222 g/mol. The molecule has 0 fully saturated rings. The molecule has 1 aromatic rings. The van der Waals surface area contributed by atoms with Gasteiger partial charge in [0.25, 0.3) is 0 Å². The number of benzene rings is 1. The van der Waals surface area contributed by atoms with E-state index in [0.717, 1.165) is 6.08 Å². The van der Waals surface area contributed by atoms with Crippen molar-refractivity contribution in [3.63, 3.8) is 0 Å². The number of rotatable bonds is 4. The van der Waals surface area contributed by atoms with Crippen LogP contribution in [0, 0.1) is 0 Å². The molecule has 1 aromatic carbocycles. The van der Waals surface area contributed by atoms with Crippen LogP contribution >= 0.6 is 0 Å². The van der Waals surface area contributed by atoms with Gasteiger partial charge in [0, 0.05) is 11.6 Å². The number of hydrogen-bond donors (Lipinski definition) is 1. The van der Waals surface area contributed by atoms with Crippen LogP contribution in [0.4, 0.5) is 0 Å². The Labute approximate surface area is 94.1 Å². The lowest BCUT2D eigenvalue weighted by Gasteiger charge is -2.10. The van der Waals surface area contributed by atoms with Crippen molar-refractivity contribution >= 4 is 11.5 Å². The van der Waals surface area contributed by atoms with Crippen molar-refractivity contribution in [1.29, 1.82) is 0 Å². The van der Waals surface area contributed by atoms with E-state index < -0.39 is 5.97 Å². The Bertz CT molecular complexity index is 421. The summed E-state index contributed by atoms with van der Waals surface area (Å²) in [6.45, 7) is 1.71. The van der Waals surface area contributed by atoms with E-state index in [1.807, 2.05) is 0 Å². The van der Waals surface area contributed by atoms with E-state index in [2.05, 4.69) is 0 Å². The highest BCUT2D eigenvalue weighted by Crippen LogP contribution is 2.29. The number of carbonyl (C=O) groups is 1. The van der Waals surface area contributed by atoms with Crippen LogP contribution in [0.2, 0.25) is 0 Å². The van der Waals surface area contributed by atoms with Gasteiger partial charge in [0.05, 0.1) is 14.2 Å². The normalized spacial score (nSPS) is 11.1. The van der Waals surface area contributed by atoms with Gasteiger partial charge in [0.2, 0.25) is 0 Å². The van der Waals surface area contributed by atoms with Crippen molar-refractivity contribution in [3.8, 4) is 11.5 Å². The van der Waals surface area contributed by atoms with Crippen molar-refractivity contribution in [3.05, 3.63) is 29.8 Å². The second-order valence-corrected chi connectivity index (χ2v) is 3.23. The Balaban J connectivity index is 3.23. The van der Waals surface area contributed by atoms with Gasteiger partial charge in [-0.15, -0.1) is 0 Å². The number of allylic oxidation sites excluding steroid dienone is 1. The minimum absolute atomic E-state index is 0.614. The molecule has 0 saturated heterocycles. The molecule has 0 atom stereocenters. The van der Waals surface area contributed by atoms with E-state index >= 15 is 0 Å². The molecule has 16 heavy (non-hydrogen) atoms. The lowest BCUT2D eigenvalue weighted by atomic mass is 10.1. The number of methoxy groups -OCH3 is 2. The quantitative estimate of drug-likeness (QED) is 0.793. The zero-order valence-corrected chi connectivity index (χ0v) is 9.48. The van der Waals surface area contributed by atoms with Crippen molar-refractivity contribution in [2.75, 3.05) is 14.2 Å². The number of carboxylic acids is 1. The molecular weight excluding hydrogens is 208 g/mol. The number of aliphatic carboxylic acids is 1. The fraction of sp³-hybridized carbons (Fsp3) is 0.250. The molecular formula is C12H14O4. The average Bonchev–Trinajstić information content (AvgIpc) is 2.27. The minimum atomic E-state index is -0.984. The van der Waals surface area contributed by atoms with E-state index in [4.69, 9.17) is 14.6 Å². The molecule has 86 valence electrons. The summed E-state index contributed by atoms with van der Waals surface area (Å²) in [6.07, 6.45) is 1.14. The van der Waals surface area contributed by atoms with Crippen LogP contribution in [-0.4, -0.2) is 25.3 Å². The Morgan fingerprint density at radius 1 is 1.31 bits per heavy atom. The van der Waals surface area contributed by atoms with Crippen molar-refractivity contribution in [1.82, 2.24) is 0 Å². The van der Waals surface area contributed by atoms with E-state index in [1.165, 1.54) is 0 Å². The topological polar surface area (TPSA) is 55.8 Å². The van der Waals surface area contributed by atoms with Crippen LogP contribution in [0.5, 0.6) is 11.5 Å². The fourth-order valence-electron chi connectivity index (χ4n) is 1.39. The second-order valence-electron chi connectivity index (χ2n) is 3.23. The van der Waals surface area contributed by atoms with Crippen LogP contribution in [-0.2, 0) is 4.79 Å². The van der Waals surface area contributed by atoms with Gasteiger partial charge >= 0.3 is 5.97 Å². The van der Waals surface area contributed by atoms with Gasteiger partial charge < -0.3 is 14.6 Å². The number of carboxylic acid groups (broad SMARTS) is 1. The van der Waals surface area contributed by atoms with Crippen molar-refractivity contribution < 1.29 is 19.4 Å². The maximum atomic E-state index is 10.6. The predicted molar refractivity (Wildman–Crippen MR) is 60.8 cm³/mol. The van der Waals surface area contributed by atoms with Gasteiger partial charge in [0.15, 0.2) is 0 Å². The summed E-state index contributed by atoms with van der Waals surface area (Å²) in [5.41, 5.74) is 1.33. The second kappa shape index (κ2) is 5.21. The standard InChI is InChI=1S/C12H14O4/c1-8(6-12(13)14)10-7-9(15-2)4-5-11(10)16-3/h4-7H,1-3H3,(H,13,14). The lowest BCUT2D eigenvalue weighted by Crippen LogP contribution is -1.94. The van der Waals surface area contributed by atoms with Crippen LogP contribution in [0.3, 0.4) is 0 Å². The third kappa shape index (κ3) is 2.76. The van der Waals surface area contributed by atoms with Gasteiger partial charge in [-0.3, -0.25) is 0 Å². The molecule has 4 nitrogen and oxygen atoms in total. The van der Waals surface area contributed by atoms with Crippen molar-refractivity contribution in [2.45, 2.75) is 6.92 Å². The highest BCUT2D eigenvalue weighted by Gasteiger charge is 2.07. The maximum Gasteiger partial charge on any atom is 0.328 e. The lowest BCUT2D eigenvalue weighted by molar-refractivity contribution is -0.131. The molecule has 0 bridgehead atoms. The first kappa shape index (κ1) is 12.1. The van der Waals surface area contributed by atoms with Crippen LogP contribution in [0.25, 0.3) is 5.57 Å². The van der Waals surface area contributed by atoms with Gasteiger partial charge in [-0.25, -0.2) is 4.79 Å². The smallest absolute Gasteiger partial charge is 0.328 e. The third-order valence-electron chi connectivity index (χ3n) is 2.17. The molecule has 0 saturated carbocycles. The van der Waals surface area contributed by atoms with Crippen LogP contribution in [0.1, 0.15) is 12.5 Å². The summed E-state index contributed by atoms with van der Waals surface area (Å²) in [4.78, 5) is 10.6. The first-order valence-electron chi connectivity index (χ1n) is 4.72.